The fraction of sp³-hybridized carbons (Fsp3) is 0.696. The number of alkyl halides is 2. The number of imidazole rings is 1. The van der Waals surface area contributed by atoms with Crippen molar-refractivity contribution in [2.75, 3.05) is 24.7 Å². The summed E-state index contributed by atoms with van der Waals surface area (Å²) in [5, 5.41) is 10.0. The minimum absolute atomic E-state index is 0.110. The van der Waals surface area contributed by atoms with E-state index in [2.05, 4.69) is 20.0 Å². The van der Waals surface area contributed by atoms with E-state index in [0.29, 0.717) is 0 Å². The molecule has 42 heavy (non-hydrogen) atoms. The molecule has 0 spiro atoms. The summed E-state index contributed by atoms with van der Waals surface area (Å²) in [6.45, 7) is 8.93. The molecule has 1 aliphatic heterocycles. The van der Waals surface area contributed by atoms with Gasteiger partial charge in [-0.05, 0) is 20.8 Å². The first-order valence-electron chi connectivity index (χ1n) is 12.8. The maximum Gasteiger partial charge on any atom is 0.406 e. The number of nitrogens with one attached hydrogen (secondary N) is 2. The molecule has 1 saturated heterocycles. The van der Waals surface area contributed by atoms with Crippen LogP contribution in [0.5, 0.6) is 0 Å². The van der Waals surface area contributed by atoms with Crippen molar-refractivity contribution < 1.29 is 42.2 Å². The number of aliphatic hydroxyl groups excluding tert-OH is 1. The van der Waals surface area contributed by atoms with E-state index >= 15 is 4.39 Å². The number of fused-ring (bicyclic) bond motifs is 1. The Hall–Kier alpha value is -2.11. The first-order valence-corrected chi connectivity index (χ1v) is 15.7. The molecule has 2 aromatic heterocycles. The van der Waals surface area contributed by atoms with Crippen LogP contribution < -0.4 is 16.4 Å². The van der Waals surface area contributed by atoms with Crippen molar-refractivity contribution in [1.29, 1.82) is 0 Å². The van der Waals surface area contributed by atoms with E-state index in [1.807, 2.05) is 0 Å². The number of nitrogens with two attached hydrogens (primary N) is 1. The fourth-order valence-corrected chi connectivity index (χ4v) is 6.32. The van der Waals surface area contributed by atoms with E-state index in [9.17, 15) is 24.1 Å². The lowest BCUT2D eigenvalue weighted by Crippen LogP contribution is -2.39. The molecule has 236 valence electrons. The Morgan fingerprint density at radius 3 is 2.67 bits per heavy atom. The molecule has 5 N–H and O–H groups in total. The van der Waals surface area contributed by atoms with Gasteiger partial charge >= 0.3 is 13.7 Å². The Morgan fingerprint density at radius 1 is 1.38 bits per heavy atom. The van der Waals surface area contributed by atoms with Crippen LogP contribution in [0.25, 0.3) is 11.2 Å². The topological polar surface area (TPSA) is 210 Å². The number of carbonyl (C=O) groups is 2. The number of thioether (sulfide) groups is 1. The van der Waals surface area contributed by atoms with Crippen molar-refractivity contribution in [3.05, 3.63) is 16.7 Å². The van der Waals surface area contributed by atoms with Crippen LogP contribution in [0.15, 0.2) is 11.1 Å². The van der Waals surface area contributed by atoms with Crippen molar-refractivity contribution in [1.82, 2.24) is 24.6 Å². The van der Waals surface area contributed by atoms with Crippen LogP contribution in [0.3, 0.4) is 0 Å². The number of rotatable bonds is 12. The Labute approximate surface area is 249 Å². The van der Waals surface area contributed by atoms with Crippen molar-refractivity contribution in [3.63, 3.8) is 0 Å². The van der Waals surface area contributed by atoms with Gasteiger partial charge in [-0.2, -0.15) is 4.98 Å². The van der Waals surface area contributed by atoms with Crippen molar-refractivity contribution in [2.45, 2.75) is 77.3 Å². The maximum atomic E-state index is 15.6. The number of nitrogen functional groups attached to an aromatic ring is 1. The number of hydrogen-bond donors (Lipinski definition) is 4. The number of ether oxygens (including phenoxy) is 2. The van der Waals surface area contributed by atoms with Gasteiger partial charge in [0, 0.05) is 11.2 Å². The Bertz CT molecular complexity index is 1400. The smallest absolute Gasteiger partial charge is 0.406 e. The Balaban J connectivity index is 1.77. The summed E-state index contributed by atoms with van der Waals surface area (Å²) in [5.41, 5.74) is 3.96. The first-order chi connectivity index (χ1) is 19.4. The number of anilines is 1. The third-order valence-corrected chi connectivity index (χ3v) is 9.11. The summed E-state index contributed by atoms with van der Waals surface area (Å²) in [4.78, 5) is 46.7. The highest BCUT2D eigenvalue weighted by Crippen LogP contribution is 2.49. The zero-order valence-corrected chi connectivity index (χ0v) is 26.3. The van der Waals surface area contributed by atoms with Gasteiger partial charge in [0.1, 0.15) is 18.2 Å². The zero-order chi connectivity index (χ0) is 31.6. The largest absolute Gasteiger partial charge is 0.462 e. The third-order valence-electron chi connectivity index (χ3n) is 5.74. The number of hydrogen-bond acceptors (Lipinski definition) is 13. The molecule has 6 atom stereocenters. The predicted molar refractivity (Wildman–Crippen MR) is 152 cm³/mol. The molecular formula is C23H35ClFN6O9PS. The summed E-state index contributed by atoms with van der Waals surface area (Å²) in [6.07, 6.45) is -4.71. The molecular weight excluding hydrogens is 622 g/mol. The maximum absolute atomic E-state index is 15.6. The molecule has 1 aliphatic rings. The second kappa shape index (κ2) is 13.3. The van der Waals surface area contributed by atoms with Gasteiger partial charge in [0.25, 0.3) is 10.7 Å². The summed E-state index contributed by atoms with van der Waals surface area (Å²) >= 11 is 7.00. The van der Waals surface area contributed by atoms with Crippen molar-refractivity contribution in [3.8, 4) is 0 Å². The van der Waals surface area contributed by atoms with Crippen LogP contribution >= 0.6 is 31.1 Å². The molecule has 0 bridgehead atoms. The van der Waals surface area contributed by atoms with Crippen LogP contribution in [-0.4, -0.2) is 84.2 Å². The molecule has 0 aliphatic carbocycles. The van der Waals surface area contributed by atoms with Crippen molar-refractivity contribution in [2.24, 2.45) is 5.41 Å². The van der Waals surface area contributed by atoms with Gasteiger partial charge in [-0.3, -0.25) is 33.0 Å². The molecule has 0 aromatic carbocycles. The normalized spacial score (nSPS) is 25.0. The minimum atomic E-state index is -4.35. The number of esters is 1. The van der Waals surface area contributed by atoms with Crippen LogP contribution in [0, 0.1) is 5.41 Å². The number of halogens is 2. The van der Waals surface area contributed by atoms with Crippen LogP contribution in [0.4, 0.5) is 10.3 Å². The van der Waals surface area contributed by atoms with Crippen LogP contribution in [0.1, 0.15) is 47.8 Å². The highest BCUT2D eigenvalue weighted by molar-refractivity contribution is 8.13. The molecule has 1 fully saturated rings. The highest BCUT2D eigenvalue weighted by Gasteiger charge is 2.58. The number of aromatic amines is 1. The molecule has 0 amide bonds. The standard InChI is InChI=1S/C23H35ClFN6O9PS/c1-11(2)39-18(34)12(3)30-41(36,37-7-8-42-20(35)22(4,5)6)38-9-13-15(32)23(24,25)19(40-13)31-10-27-14-16(31)28-21(26)29-17(14)33/h10-13,15,19,32H,7-9H2,1-6H3,(H,30,36)(H3,26,28,29,33)/t12-,13-,15-,19-,23-,41-/m1/s1. The predicted octanol–water partition coefficient (Wildman–Crippen LogP) is 2.24. The fourth-order valence-electron chi connectivity index (χ4n) is 3.64. The number of aliphatic hydroxyl groups is 1. The lowest BCUT2D eigenvalue weighted by molar-refractivity contribution is -0.149. The molecule has 15 nitrogen and oxygen atoms in total. The minimum Gasteiger partial charge on any atom is -0.462 e. The zero-order valence-electron chi connectivity index (χ0n) is 23.8. The summed E-state index contributed by atoms with van der Waals surface area (Å²) in [5.74, 6) is -0.911. The molecule has 0 radical (unpaired) electrons. The van der Waals surface area contributed by atoms with E-state index in [1.54, 1.807) is 34.6 Å². The second-order valence-corrected chi connectivity index (χ2v) is 14.2. The monoisotopic (exact) mass is 656 g/mol. The molecule has 3 heterocycles. The first kappa shape index (κ1) is 34.4. The Morgan fingerprint density at radius 2 is 2.05 bits per heavy atom. The van der Waals surface area contributed by atoms with Gasteiger partial charge in [0.15, 0.2) is 22.5 Å². The van der Waals surface area contributed by atoms with Gasteiger partial charge in [0.05, 0.1) is 25.6 Å². The number of nitrogens with zero attached hydrogens (tertiary/aromatic N) is 3. The lowest BCUT2D eigenvalue weighted by atomic mass is 10.00. The lowest BCUT2D eigenvalue weighted by Gasteiger charge is -2.25. The number of H-pyrrole nitrogens is 1. The van der Waals surface area contributed by atoms with E-state index in [4.69, 9.17) is 35.9 Å². The molecule has 2 aromatic rings. The third kappa shape index (κ3) is 8.08. The molecule has 0 saturated carbocycles. The molecule has 3 rings (SSSR count). The van der Waals surface area contributed by atoms with Crippen LogP contribution in [0.2, 0.25) is 0 Å². The molecule has 19 heteroatoms. The summed E-state index contributed by atoms with van der Waals surface area (Å²) in [7, 11) is -4.35. The van der Waals surface area contributed by atoms with E-state index in [0.717, 1.165) is 22.7 Å². The Kier molecular flexibility index (Phi) is 10.9. The van der Waals surface area contributed by atoms with E-state index < -0.39 is 67.0 Å². The van der Waals surface area contributed by atoms with Crippen molar-refractivity contribution >= 4 is 59.3 Å². The van der Waals surface area contributed by atoms with Crippen LogP contribution in [-0.2, 0) is 32.7 Å². The van der Waals surface area contributed by atoms with E-state index in [-0.39, 0.29) is 34.6 Å². The van der Waals surface area contributed by atoms with Gasteiger partial charge in [-0.1, -0.05) is 44.1 Å². The average molecular weight is 657 g/mol. The highest BCUT2D eigenvalue weighted by atomic mass is 35.5. The second-order valence-electron chi connectivity index (χ2n) is 10.8. The van der Waals surface area contributed by atoms with Gasteiger partial charge in [-0.25, -0.2) is 19.0 Å². The quantitative estimate of drug-likeness (QED) is 0.112. The van der Waals surface area contributed by atoms with Gasteiger partial charge < -0.3 is 20.3 Å². The number of aromatic nitrogens is 4. The van der Waals surface area contributed by atoms with Gasteiger partial charge in [0.2, 0.25) is 5.95 Å². The SMILES string of the molecule is CC(C)OC(=O)[C@@H](C)N[P@@](=O)(OCCSC(=O)C(C)(C)C)OC[C@H]1O[C@@H](n2cnc3c(=O)[nH]c(N)nc32)[C@@](F)(Cl)[C@@H]1O. The number of carbonyl (C=O) groups excluding carboxylic acids is 2. The van der Waals surface area contributed by atoms with Gasteiger partial charge in [-0.15, -0.1) is 0 Å². The molecule has 0 unspecified atom stereocenters. The van der Waals surface area contributed by atoms with E-state index in [1.165, 1.54) is 6.92 Å². The summed E-state index contributed by atoms with van der Waals surface area (Å²) in [6, 6.07) is -1.16. The summed E-state index contributed by atoms with van der Waals surface area (Å²) < 4.78 is 51.9. The average Bonchev–Trinajstić information content (AvgIpc) is 3.37.